The maximum absolute atomic E-state index is 10.8. The van der Waals surface area contributed by atoms with E-state index in [0.717, 1.165) is 37.0 Å². The molecular formula is C14H26O. The molecule has 0 heterocycles. The summed E-state index contributed by atoms with van der Waals surface area (Å²) in [6.45, 7) is 8.87. The van der Waals surface area contributed by atoms with Gasteiger partial charge in [-0.3, -0.25) is 4.79 Å². The monoisotopic (exact) mass is 210 g/mol. The van der Waals surface area contributed by atoms with Crippen LogP contribution in [0.3, 0.4) is 0 Å². The molecule has 0 N–H and O–H groups in total. The Hall–Kier alpha value is -0.590. The van der Waals surface area contributed by atoms with Gasteiger partial charge in [-0.05, 0) is 43.1 Å². The van der Waals surface area contributed by atoms with Gasteiger partial charge in [0.25, 0.3) is 0 Å². The minimum absolute atomic E-state index is 0.684. The van der Waals surface area contributed by atoms with E-state index >= 15 is 0 Å². The fourth-order valence-corrected chi connectivity index (χ4v) is 1.48. The summed E-state index contributed by atoms with van der Waals surface area (Å²) in [6.07, 6.45) is 8.74. The highest BCUT2D eigenvalue weighted by Crippen LogP contribution is 2.12. The average molecular weight is 210 g/mol. The second-order valence-electron chi connectivity index (χ2n) is 5.15. The molecule has 0 spiro atoms. The Bertz CT molecular complexity index is 190. The summed E-state index contributed by atoms with van der Waals surface area (Å²) in [6, 6.07) is 0. The van der Waals surface area contributed by atoms with Crippen LogP contribution < -0.4 is 0 Å². The molecule has 0 unspecified atom stereocenters. The molecule has 0 aliphatic rings. The lowest BCUT2D eigenvalue weighted by molar-refractivity contribution is -0.105. The zero-order chi connectivity index (χ0) is 11.7. The van der Waals surface area contributed by atoms with E-state index < -0.39 is 0 Å². The second-order valence-corrected chi connectivity index (χ2v) is 5.15. The van der Waals surface area contributed by atoms with Crippen molar-refractivity contribution in [3.63, 3.8) is 0 Å². The Labute approximate surface area is 95.0 Å². The topological polar surface area (TPSA) is 17.1 Å². The van der Waals surface area contributed by atoms with Gasteiger partial charge in [-0.2, -0.15) is 0 Å². The van der Waals surface area contributed by atoms with E-state index in [1.165, 1.54) is 12.8 Å². The van der Waals surface area contributed by atoms with Gasteiger partial charge in [0, 0.05) is 0 Å². The molecule has 0 aliphatic carbocycles. The zero-order valence-corrected chi connectivity index (χ0v) is 10.8. The van der Waals surface area contributed by atoms with Crippen LogP contribution in [-0.2, 0) is 4.79 Å². The number of carbonyl (C=O) groups is 1. The Kier molecular flexibility index (Phi) is 8.35. The summed E-state index contributed by atoms with van der Waals surface area (Å²) in [4.78, 5) is 10.8. The van der Waals surface area contributed by atoms with Crippen LogP contribution in [0.4, 0.5) is 0 Å². The van der Waals surface area contributed by atoms with Crippen molar-refractivity contribution in [3.05, 3.63) is 11.6 Å². The number of hydrogen-bond donors (Lipinski definition) is 0. The van der Waals surface area contributed by atoms with Crippen molar-refractivity contribution in [3.8, 4) is 0 Å². The van der Waals surface area contributed by atoms with E-state index in [2.05, 4.69) is 33.8 Å². The third kappa shape index (κ3) is 9.71. The first-order chi connectivity index (χ1) is 7.06. The van der Waals surface area contributed by atoms with Gasteiger partial charge in [0.15, 0.2) is 0 Å². The van der Waals surface area contributed by atoms with Gasteiger partial charge < -0.3 is 0 Å². The summed E-state index contributed by atoms with van der Waals surface area (Å²) in [7, 11) is 0. The van der Waals surface area contributed by atoms with Gasteiger partial charge in [0.2, 0.25) is 0 Å². The van der Waals surface area contributed by atoms with Crippen LogP contribution in [0.2, 0.25) is 0 Å². The average Bonchev–Trinajstić information content (AvgIpc) is 2.16. The van der Waals surface area contributed by atoms with E-state index in [4.69, 9.17) is 0 Å². The molecule has 0 atom stereocenters. The smallest absolute Gasteiger partial charge is 0.145 e. The maximum atomic E-state index is 10.8. The third-order valence-electron chi connectivity index (χ3n) is 2.55. The molecule has 0 rings (SSSR count). The molecule has 88 valence electrons. The van der Waals surface area contributed by atoms with Crippen LogP contribution >= 0.6 is 0 Å². The van der Waals surface area contributed by atoms with E-state index in [-0.39, 0.29) is 0 Å². The minimum Gasteiger partial charge on any atom is -0.298 e. The molecule has 0 fully saturated rings. The van der Waals surface area contributed by atoms with Crippen LogP contribution in [-0.4, -0.2) is 6.29 Å². The number of carbonyl (C=O) groups excluding carboxylic acids is 1. The van der Waals surface area contributed by atoms with Gasteiger partial charge in [-0.1, -0.05) is 40.2 Å². The maximum Gasteiger partial charge on any atom is 0.145 e. The first-order valence-corrected chi connectivity index (χ1v) is 6.20. The highest BCUT2D eigenvalue weighted by molar-refractivity contribution is 5.72. The lowest BCUT2D eigenvalue weighted by Gasteiger charge is -2.04. The zero-order valence-electron chi connectivity index (χ0n) is 10.8. The molecule has 1 heteroatoms. The van der Waals surface area contributed by atoms with Gasteiger partial charge in [0.05, 0.1) is 0 Å². The third-order valence-corrected chi connectivity index (χ3v) is 2.55. The molecule has 0 saturated carbocycles. The van der Waals surface area contributed by atoms with Crippen LogP contribution in [0.5, 0.6) is 0 Å². The molecule has 0 aromatic rings. The number of allylic oxidation sites excluding steroid dienone is 2. The Balaban J connectivity index is 3.74. The van der Waals surface area contributed by atoms with Crippen molar-refractivity contribution < 1.29 is 4.79 Å². The van der Waals surface area contributed by atoms with E-state index in [1.54, 1.807) is 0 Å². The predicted molar refractivity (Wildman–Crippen MR) is 66.9 cm³/mol. The van der Waals surface area contributed by atoms with Crippen LogP contribution in [0.1, 0.15) is 59.8 Å². The molecule has 0 saturated heterocycles. The Morgan fingerprint density at radius 2 is 1.67 bits per heavy atom. The van der Waals surface area contributed by atoms with Crippen LogP contribution in [0.15, 0.2) is 11.6 Å². The first-order valence-electron chi connectivity index (χ1n) is 6.20. The summed E-state index contributed by atoms with van der Waals surface area (Å²) in [5.74, 6) is 1.46. The Morgan fingerprint density at radius 3 is 2.13 bits per heavy atom. The lowest BCUT2D eigenvalue weighted by atomic mass is 10.0. The fraction of sp³-hybridized carbons (Fsp3) is 0.786. The minimum atomic E-state index is 0.684. The van der Waals surface area contributed by atoms with Crippen molar-refractivity contribution in [1.29, 1.82) is 0 Å². The summed E-state index contributed by atoms with van der Waals surface area (Å²) in [5.41, 5.74) is 0.993. The van der Waals surface area contributed by atoms with Gasteiger partial charge in [-0.15, -0.1) is 0 Å². The van der Waals surface area contributed by atoms with Crippen LogP contribution in [0, 0.1) is 11.8 Å². The SMILES string of the molecule is CC(C)CCC/C=C(/C=O)CCC(C)C. The Morgan fingerprint density at radius 1 is 1.07 bits per heavy atom. The van der Waals surface area contributed by atoms with E-state index in [9.17, 15) is 4.79 Å². The van der Waals surface area contributed by atoms with Gasteiger partial charge in [-0.25, -0.2) is 0 Å². The molecule has 0 amide bonds. The standard InChI is InChI=1S/C14H26O/c1-12(2)7-5-6-8-14(11-15)10-9-13(3)4/h8,11-13H,5-7,9-10H2,1-4H3/b14-8+. The lowest BCUT2D eigenvalue weighted by Crippen LogP contribution is -1.92. The summed E-state index contributed by atoms with van der Waals surface area (Å²) < 4.78 is 0. The van der Waals surface area contributed by atoms with Crippen molar-refractivity contribution in [2.45, 2.75) is 59.8 Å². The van der Waals surface area contributed by atoms with Crippen LogP contribution in [0.25, 0.3) is 0 Å². The van der Waals surface area contributed by atoms with Crippen molar-refractivity contribution >= 4 is 6.29 Å². The number of unbranched alkanes of at least 4 members (excludes halogenated alkanes) is 1. The molecule has 0 aliphatic heterocycles. The molecule has 0 bridgehead atoms. The quantitative estimate of drug-likeness (QED) is 0.330. The number of rotatable bonds is 8. The highest BCUT2D eigenvalue weighted by Gasteiger charge is 1.99. The fourth-order valence-electron chi connectivity index (χ4n) is 1.48. The predicted octanol–water partition coefficient (Wildman–Crippen LogP) is 4.37. The number of hydrogen-bond acceptors (Lipinski definition) is 1. The molecule has 1 nitrogen and oxygen atoms in total. The molecular weight excluding hydrogens is 184 g/mol. The molecule has 15 heavy (non-hydrogen) atoms. The van der Waals surface area contributed by atoms with E-state index in [1.807, 2.05) is 0 Å². The molecule has 0 radical (unpaired) electrons. The van der Waals surface area contributed by atoms with Gasteiger partial charge >= 0.3 is 0 Å². The normalized spacial score (nSPS) is 12.5. The van der Waals surface area contributed by atoms with Crippen molar-refractivity contribution in [1.82, 2.24) is 0 Å². The summed E-state index contributed by atoms with van der Waals surface area (Å²) in [5, 5.41) is 0. The first kappa shape index (κ1) is 14.4. The number of aldehydes is 1. The molecule has 0 aromatic carbocycles. The van der Waals surface area contributed by atoms with Gasteiger partial charge in [0.1, 0.15) is 6.29 Å². The second kappa shape index (κ2) is 8.70. The van der Waals surface area contributed by atoms with Crippen molar-refractivity contribution in [2.24, 2.45) is 11.8 Å². The van der Waals surface area contributed by atoms with Crippen molar-refractivity contribution in [2.75, 3.05) is 0 Å². The summed E-state index contributed by atoms with van der Waals surface area (Å²) >= 11 is 0. The van der Waals surface area contributed by atoms with E-state index in [0.29, 0.717) is 5.92 Å². The highest BCUT2D eigenvalue weighted by atomic mass is 16.1. The largest absolute Gasteiger partial charge is 0.298 e. The molecule has 0 aromatic heterocycles.